The number of hydrogen-bond acceptors (Lipinski definition) is 4. The molecular formula is C23H27NO3. The van der Waals surface area contributed by atoms with E-state index in [1.807, 2.05) is 18.2 Å². The third kappa shape index (κ3) is 3.65. The molecule has 0 atom stereocenters. The first-order valence-corrected chi connectivity index (χ1v) is 9.61. The van der Waals surface area contributed by atoms with Crippen LogP contribution in [0.15, 0.2) is 60.4 Å². The highest BCUT2D eigenvalue weighted by atomic mass is 16.9. The number of piperidine rings is 1. The summed E-state index contributed by atoms with van der Waals surface area (Å²) in [6, 6.07) is 18.8. The molecule has 4 heteroatoms. The second-order valence-corrected chi connectivity index (χ2v) is 7.24. The monoisotopic (exact) mass is 365 g/mol. The highest BCUT2D eigenvalue weighted by Gasteiger charge is 2.42. The van der Waals surface area contributed by atoms with E-state index in [1.54, 1.807) is 14.2 Å². The molecule has 4 nitrogen and oxygen atoms in total. The van der Waals surface area contributed by atoms with Crippen molar-refractivity contribution < 1.29 is 14.2 Å². The number of allylic oxidation sites excluding steroid dienone is 1. The van der Waals surface area contributed by atoms with E-state index in [4.69, 9.17) is 14.2 Å². The maximum absolute atomic E-state index is 6.29. The summed E-state index contributed by atoms with van der Waals surface area (Å²) in [6.07, 6.45) is 4.30. The molecule has 0 spiro atoms. The first-order chi connectivity index (χ1) is 13.2. The van der Waals surface area contributed by atoms with Crippen molar-refractivity contribution in [2.24, 2.45) is 5.92 Å². The summed E-state index contributed by atoms with van der Waals surface area (Å²) < 4.78 is 17.6. The molecule has 0 aromatic heterocycles. The van der Waals surface area contributed by atoms with Gasteiger partial charge < -0.3 is 14.2 Å². The highest BCUT2D eigenvalue weighted by molar-refractivity contribution is 5.59. The third-order valence-corrected chi connectivity index (χ3v) is 5.62. The summed E-state index contributed by atoms with van der Waals surface area (Å²) in [5, 5.41) is 0. The van der Waals surface area contributed by atoms with Crippen molar-refractivity contribution in [3.63, 3.8) is 0 Å². The first kappa shape index (κ1) is 18.2. The van der Waals surface area contributed by atoms with E-state index < -0.39 is 5.97 Å². The van der Waals surface area contributed by atoms with Crippen molar-refractivity contribution in [3.05, 3.63) is 77.0 Å². The van der Waals surface area contributed by atoms with Crippen molar-refractivity contribution in [1.29, 1.82) is 0 Å². The fourth-order valence-electron chi connectivity index (χ4n) is 4.10. The molecule has 1 saturated heterocycles. The van der Waals surface area contributed by atoms with Crippen LogP contribution in [0.3, 0.4) is 0 Å². The summed E-state index contributed by atoms with van der Waals surface area (Å²) in [5.74, 6) is 0.203. The zero-order valence-electron chi connectivity index (χ0n) is 16.1. The Balaban J connectivity index is 1.48. The zero-order chi connectivity index (χ0) is 18.7. The first-order valence-electron chi connectivity index (χ1n) is 9.61. The maximum Gasteiger partial charge on any atom is 0.356 e. The van der Waals surface area contributed by atoms with Gasteiger partial charge in [0.25, 0.3) is 0 Å². The van der Waals surface area contributed by atoms with Crippen LogP contribution in [0.2, 0.25) is 0 Å². The van der Waals surface area contributed by atoms with E-state index in [1.165, 1.54) is 5.56 Å². The predicted molar refractivity (Wildman–Crippen MR) is 106 cm³/mol. The molecule has 1 fully saturated rings. The predicted octanol–water partition coefficient (Wildman–Crippen LogP) is 4.37. The van der Waals surface area contributed by atoms with Gasteiger partial charge >= 0.3 is 5.97 Å². The number of likely N-dealkylation sites (tertiary alicyclic amines) is 1. The molecule has 27 heavy (non-hydrogen) atoms. The van der Waals surface area contributed by atoms with Crippen molar-refractivity contribution in [2.45, 2.75) is 25.4 Å². The Morgan fingerprint density at radius 1 is 0.963 bits per heavy atom. The second-order valence-electron chi connectivity index (χ2n) is 7.24. The van der Waals surface area contributed by atoms with Crippen LogP contribution in [0.4, 0.5) is 0 Å². The van der Waals surface area contributed by atoms with Crippen LogP contribution in [0.25, 0.3) is 6.08 Å². The number of fused-ring (bicyclic) bond motifs is 1. The van der Waals surface area contributed by atoms with Crippen molar-refractivity contribution in [1.82, 2.24) is 4.90 Å². The van der Waals surface area contributed by atoms with Gasteiger partial charge in [0, 0.05) is 26.7 Å². The van der Waals surface area contributed by atoms with Gasteiger partial charge in [0.15, 0.2) is 0 Å². The van der Waals surface area contributed by atoms with Crippen LogP contribution in [0, 0.1) is 5.92 Å². The van der Waals surface area contributed by atoms with E-state index in [9.17, 15) is 0 Å². The standard InChI is InChI=1S/C23H27NO3/c1-25-23(26-2)21-11-7-6-10-20(21)16-22(27-23)19-12-14-24(15-13-19)17-18-8-4-3-5-9-18/h3-11,16,19H,12-15,17H2,1-2H3. The Morgan fingerprint density at radius 2 is 1.63 bits per heavy atom. The SMILES string of the molecule is COC1(OC)OC(C2CCN(Cc3ccccc3)CC2)=Cc2ccccc21. The number of ether oxygens (including phenoxy) is 3. The number of rotatable bonds is 5. The van der Waals surface area contributed by atoms with Crippen molar-refractivity contribution >= 4 is 6.08 Å². The average Bonchev–Trinajstić information content (AvgIpc) is 2.74. The molecule has 142 valence electrons. The second kappa shape index (κ2) is 7.85. The van der Waals surface area contributed by atoms with Gasteiger partial charge in [0.05, 0.1) is 5.56 Å². The Kier molecular flexibility index (Phi) is 5.30. The molecule has 0 radical (unpaired) electrons. The quantitative estimate of drug-likeness (QED) is 0.736. The average molecular weight is 365 g/mol. The van der Waals surface area contributed by atoms with E-state index >= 15 is 0 Å². The van der Waals surface area contributed by atoms with Crippen LogP contribution in [-0.4, -0.2) is 32.2 Å². The van der Waals surface area contributed by atoms with E-state index in [2.05, 4.69) is 47.4 Å². The lowest BCUT2D eigenvalue weighted by atomic mass is 9.91. The molecule has 4 rings (SSSR count). The lowest BCUT2D eigenvalue weighted by molar-refractivity contribution is -0.363. The number of hydrogen-bond donors (Lipinski definition) is 0. The molecule has 0 saturated carbocycles. The zero-order valence-corrected chi connectivity index (χ0v) is 16.1. The molecule has 2 aliphatic rings. The van der Waals surface area contributed by atoms with Gasteiger partial charge in [-0.15, -0.1) is 0 Å². The summed E-state index contributed by atoms with van der Waals surface area (Å²) in [5.41, 5.74) is 3.39. The lowest BCUT2D eigenvalue weighted by Gasteiger charge is -2.40. The van der Waals surface area contributed by atoms with Gasteiger partial charge in [-0.05, 0) is 49.2 Å². The Bertz CT molecular complexity index is 790. The molecule has 0 unspecified atom stereocenters. The fraction of sp³-hybridized carbons (Fsp3) is 0.391. The fourth-order valence-corrected chi connectivity index (χ4v) is 4.10. The Labute approximate surface area is 161 Å². The van der Waals surface area contributed by atoms with Gasteiger partial charge in [0.2, 0.25) is 0 Å². The minimum atomic E-state index is -1.15. The minimum Gasteiger partial charge on any atom is -0.440 e. The molecule has 0 aliphatic carbocycles. The Hall–Kier alpha value is -2.14. The van der Waals surface area contributed by atoms with Crippen LogP contribution < -0.4 is 0 Å². The summed E-state index contributed by atoms with van der Waals surface area (Å²) in [6.45, 7) is 3.14. The summed E-state index contributed by atoms with van der Waals surface area (Å²) >= 11 is 0. The molecule has 2 aromatic carbocycles. The van der Waals surface area contributed by atoms with E-state index in [0.29, 0.717) is 5.92 Å². The minimum absolute atomic E-state index is 0.384. The third-order valence-electron chi connectivity index (χ3n) is 5.62. The largest absolute Gasteiger partial charge is 0.440 e. The normalized spacial score (nSPS) is 19.9. The molecule has 0 amide bonds. The van der Waals surface area contributed by atoms with Crippen LogP contribution in [0.5, 0.6) is 0 Å². The molecule has 2 aliphatic heterocycles. The van der Waals surface area contributed by atoms with Crippen molar-refractivity contribution in [3.8, 4) is 0 Å². The van der Waals surface area contributed by atoms with Gasteiger partial charge in [-0.25, -0.2) is 0 Å². The van der Waals surface area contributed by atoms with Gasteiger partial charge in [-0.2, -0.15) is 0 Å². The number of benzene rings is 2. The molecule has 0 N–H and O–H groups in total. The smallest absolute Gasteiger partial charge is 0.356 e. The van der Waals surface area contributed by atoms with Gasteiger partial charge in [-0.3, -0.25) is 4.90 Å². The lowest BCUT2D eigenvalue weighted by Crippen LogP contribution is -2.40. The Morgan fingerprint density at radius 3 is 2.33 bits per heavy atom. The molecule has 2 heterocycles. The number of methoxy groups -OCH3 is 2. The van der Waals surface area contributed by atoms with Crippen LogP contribution >= 0.6 is 0 Å². The molecule has 0 bridgehead atoms. The van der Waals surface area contributed by atoms with Gasteiger partial charge in [0.1, 0.15) is 5.76 Å². The van der Waals surface area contributed by atoms with Crippen LogP contribution in [0.1, 0.15) is 29.5 Å². The number of nitrogens with zero attached hydrogens (tertiary/aromatic N) is 1. The summed E-state index contributed by atoms with van der Waals surface area (Å²) in [7, 11) is 3.26. The van der Waals surface area contributed by atoms with Crippen molar-refractivity contribution in [2.75, 3.05) is 27.3 Å². The maximum atomic E-state index is 6.29. The topological polar surface area (TPSA) is 30.9 Å². The van der Waals surface area contributed by atoms with Crippen LogP contribution in [-0.2, 0) is 26.7 Å². The van der Waals surface area contributed by atoms with E-state index in [-0.39, 0.29) is 0 Å². The van der Waals surface area contributed by atoms with E-state index in [0.717, 1.165) is 49.4 Å². The molecular weight excluding hydrogens is 338 g/mol. The van der Waals surface area contributed by atoms with Gasteiger partial charge in [-0.1, -0.05) is 48.5 Å². The highest BCUT2D eigenvalue weighted by Crippen LogP contribution is 2.42. The molecule has 2 aromatic rings. The summed E-state index contributed by atoms with van der Waals surface area (Å²) in [4.78, 5) is 2.52.